The van der Waals surface area contributed by atoms with E-state index < -0.39 is 11.7 Å². The molecule has 2 aliphatic rings. The van der Waals surface area contributed by atoms with Crippen molar-refractivity contribution in [3.8, 4) is 22.6 Å². The van der Waals surface area contributed by atoms with Crippen molar-refractivity contribution in [2.24, 2.45) is 5.41 Å². The second-order valence-electron chi connectivity index (χ2n) is 11.1. The normalized spacial score (nSPS) is 21.2. The molecule has 1 saturated carbocycles. The first-order valence-corrected chi connectivity index (χ1v) is 14.1. The summed E-state index contributed by atoms with van der Waals surface area (Å²) in [5, 5.41) is 6.24. The van der Waals surface area contributed by atoms with E-state index in [2.05, 4.69) is 25.6 Å². The molecule has 1 aliphatic carbocycles. The number of hydrogen-bond acceptors (Lipinski definition) is 7. The molecular formula is C31H32F2N6O3. The molecule has 0 spiro atoms. The Kier molecular flexibility index (Phi) is 7.94. The topological polar surface area (TPSA) is 114 Å². The van der Waals surface area contributed by atoms with Crippen LogP contribution in [0, 0.1) is 17.0 Å². The summed E-state index contributed by atoms with van der Waals surface area (Å²) < 4.78 is 39.2. The highest BCUT2D eigenvalue weighted by molar-refractivity contribution is 5.83. The van der Waals surface area contributed by atoms with Crippen molar-refractivity contribution in [2.75, 3.05) is 18.5 Å². The van der Waals surface area contributed by atoms with Gasteiger partial charge in [0.05, 0.1) is 35.7 Å². The van der Waals surface area contributed by atoms with Gasteiger partial charge in [-0.1, -0.05) is 19.3 Å². The Hall–Kier alpha value is -4.22. The van der Waals surface area contributed by atoms with Crippen LogP contribution >= 0.6 is 0 Å². The largest absolute Gasteiger partial charge is 0.353 e. The molecule has 9 nitrogen and oxygen atoms in total. The summed E-state index contributed by atoms with van der Waals surface area (Å²) in [4.78, 5) is 30.1. The number of benzene rings is 2. The van der Waals surface area contributed by atoms with Crippen LogP contribution in [0.1, 0.15) is 51.1 Å². The SMILES string of the molecule is CC1(C(=O)NC2CCCCC2)COC(c2nc(-c3ccc(F)cc3)c(-c3ccnc(Nc4ccc(F)cc4)n3)[nH]2)OC1. The lowest BCUT2D eigenvalue weighted by atomic mass is 9.89. The van der Waals surface area contributed by atoms with Gasteiger partial charge in [-0.3, -0.25) is 4.79 Å². The number of rotatable bonds is 7. The number of carbonyl (C=O) groups is 1. The number of anilines is 2. The summed E-state index contributed by atoms with van der Waals surface area (Å²) in [6, 6.07) is 13.8. The number of aromatic nitrogens is 4. The third-order valence-corrected chi connectivity index (χ3v) is 7.67. The summed E-state index contributed by atoms with van der Waals surface area (Å²) in [5.41, 5.74) is 2.05. The number of ether oxygens (including phenoxy) is 2. The first-order valence-electron chi connectivity index (χ1n) is 14.1. The van der Waals surface area contributed by atoms with E-state index in [0.29, 0.717) is 40.1 Å². The molecule has 2 aromatic heterocycles. The van der Waals surface area contributed by atoms with Crippen LogP contribution in [0.15, 0.2) is 60.8 Å². The van der Waals surface area contributed by atoms with Gasteiger partial charge in [-0.25, -0.2) is 23.7 Å². The minimum absolute atomic E-state index is 0.0674. The van der Waals surface area contributed by atoms with Crippen LogP contribution < -0.4 is 10.6 Å². The second-order valence-corrected chi connectivity index (χ2v) is 11.1. The van der Waals surface area contributed by atoms with Crippen molar-refractivity contribution in [3.63, 3.8) is 0 Å². The first kappa shape index (κ1) is 27.9. The van der Waals surface area contributed by atoms with E-state index in [0.717, 1.165) is 25.7 Å². The van der Waals surface area contributed by atoms with Crippen molar-refractivity contribution in [1.29, 1.82) is 0 Å². The van der Waals surface area contributed by atoms with Crippen molar-refractivity contribution < 1.29 is 23.0 Å². The highest BCUT2D eigenvalue weighted by Crippen LogP contribution is 2.36. The molecule has 3 N–H and O–H groups in total. The van der Waals surface area contributed by atoms with Gasteiger partial charge in [-0.05, 0) is 74.4 Å². The second kappa shape index (κ2) is 11.9. The van der Waals surface area contributed by atoms with Gasteiger partial charge in [0.25, 0.3) is 0 Å². The van der Waals surface area contributed by atoms with Crippen molar-refractivity contribution in [1.82, 2.24) is 25.3 Å². The van der Waals surface area contributed by atoms with Gasteiger partial charge in [0, 0.05) is 23.5 Å². The predicted octanol–water partition coefficient (Wildman–Crippen LogP) is 6.06. The lowest BCUT2D eigenvalue weighted by molar-refractivity contribution is -0.231. The smallest absolute Gasteiger partial charge is 0.230 e. The maximum atomic E-state index is 13.7. The average Bonchev–Trinajstić information content (AvgIpc) is 3.45. The van der Waals surface area contributed by atoms with Gasteiger partial charge < -0.3 is 25.1 Å². The third-order valence-electron chi connectivity index (χ3n) is 7.67. The Balaban J connectivity index is 1.24. The fourth-order valence-corrected chi connectivity index (χ4v) is 5.23. The van der Waals surface area contributed by atoms with Crippen LogP contribution in [-0.4, -0.2) is 45.1 Å². The standard InChI is InChI=1S/C31H32F2N6O3/c1-31(29(40)35-22-5-3-2-4-6-22)17-41-28(42-18-31)27-38-25(19-7-9-20(32)10-8-19)26(39-27)24-15-16-34-30(37-24)36-23-13-11-21(33)12-14-23/h7-16,22,28H,2-6,17-18H2,1H3,(H,35,40)(H,38,39)(H,34,36,37). The summed E-state index contributed by atoms with van der Waals surface area (Å²) >= 11 is 0. The lowest BCUT2D eigenvalue weighted by Gasteiger charge is -2.37. The van der Waals surface area contributed by atoms with Gasteiger partial charge in [0.2, 0.25) is 18.1 Å². The van der Waals surface area contributed by atoms with Gasteiger partial charge in [0.1, 0.15) is 11.6 Å². The molecule has 4 aromatic rings. The van der Waals surface area contributed by atoms with Crippen molar-refractivity contribution in [2.45, 2.75) is 51.4 Å². The quantitative estimate of drug-likeness (QED) is 0.246. The maximum Gasteiger partial charge on any atom is 0.230 e. The fraction of sp³-hybridized carbons (Fsp3) is 0.355. The van der Waals surface area contributed by atoms with Crippen LogP contribution in [0.5, 0.6) is 0 Å². The van der Waals surface area contributed by atoms with E-state index in [1.165, 1.54) is 30.7 Å². The highest BCUT2D eigenvalue weighted by atomic mass is 19.1. The molecule has 6 rings (SSSR count). The Morgan fingerprint density at radius 2 is 1.60 bits per heavy atom. The number of hydrogen-bond donors (Lipinski definition) is 3. The molecule has 1 aliphatic heterocycles. The molecule has 0 radical (unpaired) electrons. The van der Waals surface area contributed by atoms with E-state index >= 15 is 0 Å². The maximum absolute atomic E-state index is 13.7. The number of nitrogens with zero attached hydrogens (tertiary/aromatic N) is 3. The third kappa shape index (κ3) is 6.17. The van der Waals surface area contributed by atoms with Crippen molar-refractivity contribution >= 4 is 17.5 Å². The number of amides is 1. The van der Waals surface area contributed by atoms with Crippen molar-refractivity contribution in [3.05, 3.63) is 78.3 Å². The Bertz CT molecular complexity index is 1530. The van der Waals surface area contributed by atoms with Crippen LogP contribution in [0.4, 0.5) is 20.4 Å². The summed E-state index contributed by atoms with van der Waals surface area (Å²) in [6.45, 7) is 2.17. The summed E-state index contributed by atoms with van der Waals surface area (Å²) in [6.07, 6.45) is 6.22. The van der Waals surface area contributed by atoms with Crippen LogP contribution in [0.3, 0.4) is 0 Å². The number of carbonyl (C=O) groups excluding carboxylic acids is 1. The zero-order chi connectivity index (χ0) is 29.1. The Labute approximate surface area is 242 Å². The van der Waals surface area contributed by atoms with Gasteiger partial charge in [-0.15, -0.1) is 0 Å². The van der Waals surface area contributed by atoms with Gasteiger partial charge >= 0.3 is 0 Å². The lowest BCUT2D eigenvalue weighted by Crippen LogP contribution is -2.51. The number of halogens is 2. The number of H-pyrrole nitrogens is 1. The molecule has 218 valence electrons. The highest BCUT2D eigenvalue weighted by Gasteiger charge is 2.41. The van der Waals surface area contributed by atoms with E-state index in [4.69, 9.17) is 14.5 Å². The number of aromatic amines is 1. The van der Waals surface area contributed by atoms with Crippen LogP contribution in [-0.2, 0) is 14.3 Å². The molecule has 2 fully saturated rings. The van der Waals surface area contributed by atoms with E-state index in [-0.39, 0.29) is 36.8 Å². The molecule has 3 heterocycles. The number of imidazole rings is 1. The summed E-state index contributed by atoms with van der Waals surface area (Å²) in [7, 11) is 0. The molecule has 0 bridgehead atoms. The molecule has 1 amide bonds. The zero-order valence-electron chi connectivity index (χ0n) is 23.2. The monoisotopic (exact) mass is 574 g/mol. The van der Waals surface area contributed by atoms with Gasteiger partial charge in [-0.2, -0.15) is 0 Å². The minimum atomic E-state index is -0.841. The zero-order valence-corrected chi connectivity index (χ0v) is 23.2. The fourth-order valence-electron chi connectivity index (χ4n) is 5.23. The Morgan fingerprint density at radius 3 is 2.29 bits per heavy atom. The van der Waals surface area contributed by atoms with Crippen LogP contribution in [0.25, 0.3) is 22.6 Å². The average molecular weight is 575 g/mol. The van der Waals surface area contributed by atoms with E-state index in [1.54, 1.807) is 36.5 Å². The van der Waals surface area contributed by atoms with E-state index in [9.17, 15) is 13.6 Å². The summed E-state index contributed by atoms with van der Waals surface area (Å²) in [5.74, 6) is -0.0896. The predicted molar refractivity (Wildman–Crippen MR) is 152 cm³/mol. The molecular weight excluding hydrogens is 542 g/mol. The van der Waals surface area contributed by atoms with E-state index in [1.807, 2.05) is 6.92 Å². The number of nitrogens with one attached hydrogen (secondary N) is 3. The molecule has 1 saturated heterocycles. The molecule has 2 aromatic carbocycles. The molecule has 42 heavy (non-hydrogen) atoms. The van der Waals surface area contributed by atoms with Gasteiger partial charge in [0.15, 0.2) is 5.82 Å². The molecule has 11 heteroatoms. The van der Waals surface area contributed by atoms with Crippen LogP contribution in [0.2, 0.25) is 0 Å². The molecule has 0 unspecified atom stereocenters. The first-order chi connectivity index (χ1) is 20.4. The Morgan fingerprint density at radius 1 is 0.929 bits per heavy atom. The molecule has 0 atom stereocenters. The minimum Gasteiger partial charge on any atom is -0.353 e.